The zero-order valence-corrected chi connectivity index (χ0v) is 11.5. The van der Waals surface area contributed by atoms with Crippen LogP contribution in [0.3, 0.4) is 0 Å². The first-order chi connectivity index (χ1) is 8.61. The summed E-state index contributed by atoms with van der Waals surface area (Å²) in [5.41, 5.74) is 2.20. The largest absolute Gasteiger partial charge is 0.481 e. The lowest BCUT2D eigenvalue weighted by Gasteiger charge is -2.29. The van der Waals surface area contributed by atoms with E-state index in [0.717, 1.165) is 23.9 Å². The molecule has 1 fully saturated rings. The van der Waals surface area contributed by atoms with Crippen molar-refractivity contribution < 1.29 is 9.90 Å². The zero-order chi connectivity index (χ0) is 13.1. The van der Waals surface area contributed by atoms with E-state index in [-0.39, 0.29) is 5.92 Å². The molecule has 5 heteroatoms. The Bertz CT molecular complexity index is 459. The summed E-state index contributed by atoms with van der Waals surface area (Å²) in [5.74, 6) is -0.850. The molecule has 1 aromatic heterocycles. The first-order valence-electron chi connectivity index (χ1n) is 6.18. The summed E-state index contributed by atoms with van der Waals surface area (Å²) >= 11 is 1.64. The van der Waals surface area contributed by atoms with Gasteiger partial charge in [-0.2, -0.15) is 0 Å². The van der Waals surface area contributed by atoms with Crippen molar-refractivity contribution in [3.05, 3.63) is 17.2 Å². The molecule has 0 radical (unpaired) electrons. The summed E-state index contributed by atoms with van der Waals surface area (Å²) in [7, 11) is 0. The molecule has 0 aliphatic carbocycles. The van der Waals surface area contributed by atoms with E-state index in [9.17, 15) is 4.79 Å². The van der Waals surface area contributed by atoms with E-state index >= 15 is 0 Å². The van der Waals surface area contributed by atoms with Gasteiger partial charge in [-0.3, -0.25) is 4.79 Å². The minimum absolute atomic E-state index is 0.182. The van der Waals surface area contributed by atoms with Gasteiger partial charge in [0.15, 0.2) is 5.13 Å². The summed E-state index contributed by atoms with van der Waals surface area (Å²) in [6.45, 7) is 5.64. The van der Waals surface area contributed by atoms with Crippen molar-refractivity contribution in [3.8, 4) is 0 Å². The van der Waals surface area contributed by atoms with Crippen LogP contribution in [0.15, 0.2) is 11.5 Å². The van der Waals surface area contributed by atoms with Gasteiger partial charge in [-0.05, 0) is 32.3 Å². The maximum absolute atomic E-state index is 10.9. The number of thiazole rings is 1. The third-order valence-corrected chi connectivity index (χ3v) is 4.35. The van der Waals surface area contributed by atoms with Crippen molar-refractivity contribution in [1.82, 2.24) is 4.98 Å². The van der Waals surface area contributed by atoms with Gasteiger partial charge in [0, 0.05) is 18.5 Å². The zero-order valence-electron chi connectivity index (χ0n) is 10.7. The average molecular weight is 266 g/mol. The minimum Gasteiger partial charge on any atom is -0.481 e. The van der Waals surface area contributed by atoms with E-state index in [2.05, 4.69) is 28.3 Å². The topological polar surface area (TPSA) is 53.4 Å². The fraction of sp³-hybridized carbons (Fsp3) is 0.538. The first kappa shape index (κ1) is 13.1. The number of aromatic nitrogens is 1. The first-order valence-corrected chi connectivity index (χ1v) is 7.06. The minimum atomic E-state index is -0.667. The normalized spacial score (nSPS) is 18.1. The number of carboxylic acids is 1. The van der Waals surface area contributed by atoms with Gasteiger partial charge in [-0.15, -0.1) is 11.3 Å². The Morgan fingerprint density at radius 3 is 2.78 bits per heavy atom. The van der Waals surface area contributed by atoms with Crippen molar-refractivity contribution in [1.29, 1.82) is 0 Å². The molecule has 0 bridgehead atoms. The Labute approximate surface area is 111 Å². The maximum Gasteiger partial charge on any atom is 0.306 e. The quantitative estimate of drug-likeness (QED) is 0.914. The van der Waals surface area contributed by atoms with Crippen molar-refractivity contribution >= 4 is 28.0 Å². The molecule has 0 saturated carbocycles. The number of hydrogen-bond donors (Lipinski definition) is 1. The molecule has 0 spiro atoms. The summed E-state index contributed by atoms with van der Waals surface area (Å²) in [6.07, 6.45) is 3.48. The molecule has 1 aliphatic rings. The molecule has 98 valence electrons. The van der Waals surface area contributed by atoms with Crippen molar-refractivity contribution in [2.75, 3.05) is 18.0 Å². The molecular weight excluding hydrogens is 248 g/mol. The molecule has 4 nitrogen and oxygen atoms in total. The lowest BCUT2D eigenvalue weighted by molar-refractivity contribution is -0.142. The van der Waals surface area contributed by atoms with Gasteiger partial charge < -0.3 is 10.0 Å². The van der Waals surface area contributed by atoms with Gasteiger partial charge in [-0.25, -0.2) is 4.98 Å². The highest BCUT2D eigenvalue weighted by atomic mass is 32.1. The second-order valence-electron chi connectivity index (χ2n) is 4.59. The van der Waals surface area contributed by atoms with Crippen LogP contribution in [-0.4, -0.2) is 29.1 Å². The maximum atomic E-state index is 10.9. The predicted octanol–water partition coefficient (Wildman–Crippen LogP) is 2.87. The molecule has 1 saturated heterocycles. The Morgan fingerprint density at radius 1 is 1.56 bits per heavy atom. The molecule has 1 aromatic rings. The number of anilines is 1. The van der Waals surface area contributed by atoms with E-state index in [4.69, 9.17) is 5.11 Å². The summed E-state index contributed by atoms with van der Waals surface area (Å²) in [6, 6.07) is 0. The Hall–Kier alpha value is -1.36. The third-order valence-electron chi connectivity index (χ3n) is 3.44. The molecule has 2 heterocycles. The van der Waals surface area contributed by atoms with E-state index in [0.29, 0.717) is 12.8 Å². The van der Waals surface area contributed by atoms with Gasteiger partial charge in [0.2, 0.25) is 0 Å². The van der Waals surface area contributed by atoms with Gasteiger partial charge in [0.25, 0.3) is 0 Å². The highest BCUT2D eigenvalue weighted by Crippen LogP contribution is 2.28. The van der Waals surface area contributed by atoms with Gasteiger partial charge in [0.05, 0.1) is 11.6 Å². The van der Waals surface area contributed by atoms with Crippen LogP contribution in [0.4, 0.5) is 5.13 Å². The summed E-state index contributed by atoms with van der Waals surface area (Å²) in [5, 5.41) is 12.0. The molecule has 0 aromatic carbocycles. The van der Waals surface area contributed by atoms with E-state index < -0.39 is 5.97 Å². The standard InChI is InChI=1S/C13H18N2O2S/c1-3-9(2)11-8-18-13(14-11)15-6-4-10(5-7-15)12(16)17/h3,8,10H,4-7H2,1-2H3,(H,16,17). The number of aliphatic carboxylic acids is 1. The monoisotopic (exact) mass is 266 g/mol. The van der Waals surface area contributed by atoms with E-state index in [1.807, 2.05) is 6.92 Å². The Balaban J connectivity index is 2.02. The lowest BCUT2D eigenvalue weighted by Crippen LogP contribution is -2.36. The highest BCUT2D eigenvalue weighted by Gasteiger charge is 2.25. The Morgan fingerprint density at radius 2 is 2.22 bits per heavy atom. The molecule has 1 N–H and O–H groups in total. The van der Waals surface area contributed by atoms with Crippen LogP contribution in [0.5, 0.6) is 0 Å². The van der Waals surface area contributed by atoms with Gasteiger partial charge in [0.1, 0.15) is 0 Å². The fourth-order valence-corrected chi connectivity index (χ4v) is 2.99. The fourth-order valence-electron chi connectivity index (χ4n) is 2.06. The number of hydrogen-bond acceptors (Lipinski definition) is 4. The molecule has 2 rings (SSSR count). The number of rotatable bonds is 3. The SMILES string of the molecule is CC=C(C)c1csc(N2CCC(C(=O)O)CC2)n1. The highest BCUT2D eigenvalue weighted by molar-refractivity contribution is 7.13. The number of carboxylic acid groups (broad SMARTS) is 1. The number of piperidine rings is 1. The van der Waals surface area contributed by atoms with Crippen LogP contribution >= 0.6 is 11.3 Å². The third kappa shape index (κ3) is 2.72. The molecular formula is C13H18N2O2S. The van der Waals surface area contributed by atoms with Crippen molar-refractivity contribution in [2.45, 2.75) is 26.7 Å². The molecule has 0 atom stereocenters. The van der Waals surface area contributed by atoms with Crippen LogP contribution < -0.4 is 4.90 Å². The van der Waals surface area contributed by atoms with E-state index in [1.54, 1.807) is 11.3 Å². The Kier molecular flexibility index (Phi) is 4.01. The molecule has 18 heavy (non-hydrogen) atoms. The molecule has 0 amide bonds. The van der Waals surface area contributed by atoms with Gasteiger partial charge >= 0.3 is 5.97 Å². The predicted molar refractivity (Wildman–Crippen MR) is 74.0 cm³/mol. The summed E-state index contributed by atoms with van der Waals surface area (Å²) < 4.78 is 0. The van der Waals surface area contributed by atoms with E-state index in [1.165, 1.54) is 5.57 Å². The second-order valence-corrected chi connectivity index (χ2v) is 5.42. The van der Waals surface area contributed by atoms with Gasteiger partial charge in [-0.1, -0.05) is 6.08 Å². The summed E-state index contributed by atoms with van der Waals surface area (Å²) in [4.78, 5) is 17.7. The molecule has 1 aliphatic heterocycles. The number of carbonyl (C=O) groups is 1. The van der Waals surface area contributed by atoms with Crippen LogP contribution in [0, 0.1) is 5.92 Å². The van der Waals surface area contributed by atoms with Crippen LogP contribution in [0.2, 0.25) is 0 Å². The smallest absolute Gasteiger partial charge is 0.306 e. The van der Waals surface area contributed by atoms with Crippen LogP contribution in [-0.2, 0) is 4.79 Å². The van der Waals surface area contributed by atoms with Crippen molar-refractivity contribution in [3.63, 3.8) is 0 Å². The van der Waals surface area contributed by atoms with Crippen LogP contribution in [0.1, 0.15) is 32.4 Å². The second kappa shape index (κ2) is 5.52. The average Bonchev–Trinajstić information content (AvgIpc) is 2.87. The lowest BCUT2D eigenvalue weighted by atomic mass is 9.98. The molecule has 0 unspecified atom stereocenters. The van der Waals surface area contributed by atoms with Crippen LogP contribution in [0.25, 0.3) is 5.57 Å². The van der Waals surface area contributed by atoms with Crippen molar-refractivity contribution in [2.24, 2.45) is 5.92 Å². The number of allylic oxidation sites excluding steroid dienone is 2. The number of nitrogens with zero attached hydrogens (tertiary/aromatic N) is 2.